The van der Waals surface area contributed by atoms with Gasteiger partial charge in [0.15, 0.2) is 11.3 Å². The molecular formula is C23H24N8O. The normalized spacial score (nSPS) is 17.8. The number of nitrogens with one attached hydrogen (secondary N) is 2. The standard InChI is InChI=1S/C23H24N8O/c1-2-3-10-23(29-30-23)11-8-20(32)24-12-9-16-14-31(19-7-5-4-6-17(16)19)22-18-13-27-28-21(18)25-15-26-22/h1,4-7,13,15-16H,3,8-12,14H2,(H,24,32)(H,25,26,27,28). The van der Waals surface area contributed by atoms with Crippen LogP contribution in [-0.2, 0) is 4.79 Å². The zero-order valence-electron chi connectivity index (χ0n) is 17.7. The predicted molar refractivity (Wildman–Crippen MR) is 120 cm³/mol. The molecule has 0 bridgehead atoms. The molecule has 4 heterocycles. The highest BCUT2D eigenvalue weighted by Gasteiger charge is 2.39. The highest BCUT2D eigenvalue weighted by Crippen LogP contribution is 2.43. The van der Waals surface area contributed by atoms with Crippen molar-refractivity contribution in [3.05, 3.63) is 42.4 Å². The van der Waals surface area contributed by atoms with Crippen LogP contribution in [0.1, 0.15) is 43.6 Å². The maximum atomic E-state index is 12.3. The Morgan fingerprint density at radius 3 is 3.00 bits per heavy atom. The smallest absolute Gasteiger partial charge is 0.220 e. The molecule has 9 nitrogen and oxygen atoms in total. The first-order valence-electron chi connectivity index (χ1n) is 10.8. The predicted octanol–water partition coefficient (Wildman–Crippen LogP) is 3.45. The maximum absolute atomic E-state index is 12.3. The number of fused-ring (bicyclic) bond motifs is 2. The van der Waals surface area contributed by atoms with E-state index >= 15 is 0 Å². The fourth-order valence-corrected chi connectivity index (χ4v) is 4.37. The third-order valence-corrected chi connectivity index (χ3v) is 6.17. The Labute approximate surface area is 185 Å². The van der Waals surface area contributed by atoms with Crippen molar-refractivity contribution in [3.63, 3.8) is 0 Å². The lowest BCUT2D eigenvalue weighted by atomic mass is 9.98. The molecule has 0 fully saturated rings. The molecule has 2 aliphatic heterocycles. The van der Waals surface area contributed by atoms with Gasteiger partial charge in [-0.05, 0) is 18.1 Å². The first kappa shape index (κ1) is 20.1. The van der Waals surface area contributed by atoms with Gasteiger partial charge in [0.05, 0.1) is 11.6 Å². The molecule has 0 spiro atoms. The van der Waals surface area contributed by atoms with E-state index in [9.17, 15) is 4.79 Å². The first-order valence-corrected chi connectivity index (χ1v) is 10.8. The van der Waals surface area contributed by atoms with Crippen LogP contribution >= 0.6 is 0 Å². The van der Waals surface area contributed by atoms with Crippen molar-refractivity contribution in [2.45, 2.75) is 43.7 Å². The van der Waals surface area contributed by atoms with E-state index in [-0.39, 0.29) is 5.91 Å². The van der Waals surface area contributed by atoms with Crippen LogP contribution in [-0.4, -0.2) is 44.8 Å². The molecule has 5 rings (SSSR count). The Morgan fingerprint density at radius 2 is 2.16 bits per heavy atom. The Balaban J connectivity index is 1.20. The minimum Gasteiger partial charge on any atom is -0.356 e. The molecule has 0 saturated heterocycles. The molecule has 1 atom stereocenters. The van der Waals surface area contributed by atoms with E-state index in [0.717, 1.165) is 41.9 Å². The number of carbonyl (C=O) groups is 1. The Bertz CT molecular complexity index is 1200. The summed E-state index contributed by atoms with van der Waals surface area (Å²) in [5.41, 5.74) is 2.71. The van der Waals surface area contributed by atoms with Crippen molar-refractivity contribution < 1.29 is 4.79 Å². The van der Waals surface area contributed by atoms with Crippen molar-refractivity contribution in [3.8, 4) is 12.3 Å². The molecule has 1 unspecified atom stereocenters. The average Bonchev–Trinajstić information content (AvgIpc) is 3.25. The molecule has 2 N–H and O–H groups in total. The van der Waals surface area contributed by atoms with Gasteiger partial charge in [0.1, 0.15) is 12.1 Å². The molecule has 3 aromatic rings. The summed E-state index contributed by atoms with van der Waals surface area (Å²) in [4.78, 5) is 23.3. The monoisotopic (exact) mass is 428 g/mol. The summed E-state index contributed by atoms with van der Waals surface area (Å²) in [7, 11) is 0. The third-order valence-electron chi connectivity index (χ3n) is 6.17. The number of hydrogen-bond acceptors (Lipinski definition) is 7. The zero-order chi connectivity index (χ0) is 22.0. The van der Waals surface area contributed by atoms with Crippen molar-refractivity contribution in [1.82, 2.24) is 25.5 Å². The number of para-hydroxylation sites is 1. The summed E-state index contributed by atoms with van der Waals surface area (Å²) in [5.74, 6) is 3.78. The minimum absolute atomic E-state index is 0.0291. The molecule has 162 valence electrons. The van der Waals surface area contributed by atoms with Gasteiger partial charge >= 0.3 is 0 Å². The van der Waals surface area contributed by atoms with Gasteiger partial charge in [-0.15, -0.1) is 12.3 Å². The molecule has 2 aromatic heterocycles. The average molecular weight is 429 g/mol. The van der Waals surface area contributed by atoms with Crippen molar-refractivity contribution >= 4 is 28.4 Å². The summed E-state index contributed by atoms with van der Waals surface area (Å²) >= 11 is 0. The maximum Gasteiger partial charge on any atom is 0.220 e. The molecule has 9 heteroatoms. The minimum atomic E-state index is -0.412. The number of amides is 1. The Morgan fingerprint density at radius 1 is 1.28 bits per heavy atom. The van der Waals surface area contributed by atoms with E-state index in [1.807, 2.05) is 6.07 Å². The second-order valence-corrected chi connectivity index (χ2v) is 8.22. The highest BCUT2D eigenvalue weighted by atomic mass is 16.1. The highest BCUT2D eigenvalue weighted by molar-refractivity contribution is 5.90. The van der Waals surface area contributed by atoms with Crippen LogP contribution in [0.2, 0.25) is 0 Å². The van der Waals surface area contributed by atoms with Crippen molar-refractivity contribution in [2.24, 2.45) is 10.2 Å². The van der Waals surface area contributed by atoms with Crippen LogP contribution in [0.15, 0.2) is 47.0 Å². The van der Waals surface area contributed by atoms with Crippen molar-refractivity contribution in [1.29, 1.82) is 0 Å². The fourth-order valence-electron chi connectivity index (χ4n) is 4.37. The SMILES string of the molecule is C#CCCC1(CCC(=O)NCCC2CN(c3ncnc4[nH]ncc34)c3ccccc32)N=N1. The number of nitrogens with zero attached hydrogens (tertiary/aromatic N) is 6. The van der Waals surface area contributed by atoms with Gasteiger partial charge in [0.2, 0.25) is 5.91 Å². The molecular weight excluding hydrogens is 404 g/mol. The number of aromatic amines is 1. The number of carbonyl (C=O) groups excluding carboxylic acids is 1. The molecule has 0 aliphatic carbocycles. The fraction of sp³-hybridized carbons (Fsp3) is 0.391. The van der Waals surface area contributed by atoms with E-state index in [1.54, 1.807) is 12.5 Å². The molecule has 0 radical (unpaired) electrons. The Hall–Kier alpha value is -3.80. The van der Waals surface area contributed by atoms with Crippen LogP contribution in [0.5, 0.6) is 0 Å². The van der Waals surface area contributed by atoms with Crippen molar-refractivity contribution in [2.75, 3.05) is 18.0 Å². The number of terminal acetylenes is 1. The van der Waals surface area contributed by atoms with Crippen LogP contribution in [0, 0.1) is 12.3 Å². The lowest BCUT2D eigenvalue weighted by Crippen LogP contribution is -2.27. The quantitative estimate of drug-likeness (QED) is 0.507. The van der Waals surface area contributed by atoms with Gasteiger partial charge < -0.3 is 10.2 Å². The van der Waals surface area contributed by atoms with Gasteiger partial charge in [-0.1, -0.05) is 18.2 Å². The van der Waals surface area contributed by atoms with Gasteiger partial charge in [-0.3, -0.25) is 9.89 Å². The van der Waals surface area contributed by atoms with Gasteiger partial charge in [0, 0.05) is 50.4 Å². The summed E-state index contributed by atoms with van der Waals surface area (Å²) < 4.78 is 0. The number of hydrogen-bond donors (Lipinski definition) is 2. The number of rotatable bonds is 9. The van der Waals surface area contributed by atoms with E-state index in [4.69, 9.17) is 6.42 Å². The van der Waals surface area contributed by atoms with Gasteiger partial charge in [0.25, 0.3) is 0 Å². The lowest BCUT2D eigenvalue weighted by Gasteiger charge is -2.19. The first-order chi connectivity index (χ1) is 15.7. The van der Waals surface area contributed by atoms with Gasteiger partial charge in [-0.25, -0.2) is 9.97 Å². The summed E-state index contributed by atoms with van der Waals surface area (Å²) in [6.45, 7) is 1.40. The lowest BCUT2D eigenvalue weighted by molar-refractivity contribution is -0.121. The second-order valence-electron chi connectivity index (χ2n) is 8.22. The van der Waals surface area contributed by atoms with E-state index in [0.29, 0.717) is 31.7 Å². The van der Waals surface area contributed by atoms with E-state index in [1.165, 1.54) is 5.56 Å². The molecule has 1 aromatic carbocycles. The number of H-pyrrole nitrogens is 1. The van der Waals surface area contributed by atoms with Crippen LogP contribution in [0.4, 0.5) is 11.5 Å². The largest absolute Gasteiger partial charge is 0.356 e. The topological polar surface area (TPSA) is 112 Å². The third kappa shape index (κ3) is 3.91. The molecule has 0 saturated carbocycles. The number of aromatic nitrogens is 4. The summed E-state index contributed by atoms with van der Waals surface area (Å²) in [6.07, 6.45) is 11.9. The van der Waals surface area contributed by atoms with E-state index < -0.39 is 5.66 Å². The molecule has 1 amide bonds. The van der Waals surface area contributed by atoms with Crippen LogP contribution < -0.4 is 10.2 Å². The number of anilines is 2. The second kappa shape index (κ2) is 8.38. The van der Waals surface area contributed by atoms with Crippen LogP contribution in [0.3, 0.4) is 0 Å². The number of benzene rings is 1. The van der Waals surface area contributed by atoms with Crippen LogP contribution in [0.25, 0.3) is 11.0 Å². The summed E-state index contributed by atoms with van der Waals surface area (Å²) in [6, 6.07) is 8.36. The molecule has 32 heavy (non-hydrogen) atoms. The molecule has 2 aliphatic rings. The van der Waals surface area contributed by atoms with E-state index in [2.05, 4.69) is 64.7 Å². The van der Waals surface area contributed by atoms with Gasteiger partial charge in [-0.2, -0.15) is 15.3 Å². The Kier molecular flexibility index (Phi) is 5.27. The zero-order valence-corrected chi connectivity index (χ0v) is 17.7. The summed E-state index contributed by atoms with van der Waals surface area (Å²) in [5, 5.41) is 19.1.